The van der Waals surface area contributed by atoms with Crippen molar-refractivity contribution in [2.45, 2.75) is 32.4 Å². The molecule has 0 aliphatic carbocycles. The molecule has 194 valence electrons. The monoisotopic (exact) mass is 518 g/mol. The van der Waals surface area contributed by atoms with E-state index in [9.17, 15) is 35.8 Å². The van der Waals surface area contributed by atoms with Crippen LogP contribution in [-0.4, -0.2) is 34.1 Å². The van der Waals surface area contributed by atoms with Crippen LogP contribution in [0.4, 0.5) is 48.2 Å². The third kappa shape index (κ3) is 6.97. The molecule has 36 heavy (non-hydrogen) atoms. The van der Waals surface area contributed by atoms with Gasteiger partial charge in [0, 0.05) is 11.6 Å². The molecule has 1 heterocycles. The summed E-state index contributed by atoms with van der Waals surface area (Å²) in [7, 11) is 0. The third-order valence-corrected chi connectivity index (χ3v) is 4.98. The molecule has 0 aliphatic heterocycles. The molecule has 3 aromatic rings. The van der Waals surface area contributed by atoms with Gasteiger partial charge in [0.25, 0.3) is 0 Å². The van der Waals surface area contributed by atoms with Crippen LogP contribution in [0.5, 0.6) is 5.75 Å². The van der Waals surface area contributed by atoms with Gasteiger partial charge in [0.05, 0.1) is 29.6 Å². The highest BCUT2D eigenvalue weighted by Gasteiger charge is 2.35. The minimum absolute atomic E-state index is 0.00651. The number of alkyl halides is 6. The van der Waals surface area contributed by atoms with Crippen molar-refractivity contribution >= 4 is 17.5 Å². The van der Waals surface area contributed by atoms with Gasteiger partial charge >= 0.3 is 12.5 Å². The Morgan fingerprint density at radius 1 is 0.972 bits per heavy atom. The topological polar surface area (TPSA) is 79.3 Å². The number of aliphatic hydroxyl groups is 1. The van der Waals surface area contributed by atoms with E-state index in [1.165, 1.54) is 12.1 Å². The van der Waals surface area contributed by atoms with Gasteiger partial charge in [0.1, 0.15) is 17.4 Å². The molecule has 0 fully saturated rings. The standard InChI is InChI=1S/C23H21F7N4O2/c1-12(2)18(11-35)32-21-31-17(13-5-3-6-14(9-13)36-23(28,29)30)10-19(34-21)33-20-15(22(25,26)27)7-4-8-16(20)24/h3-10,12,18,35H,11H2,1-2H3,(H2,31,32,33,34)/t18-/m1/s1. The van der Waals surface area contributed by atoms with Gasteiger partial charge in [0.15, 0.2) is 0 Å². The summed E-state index contributed by atoms with van der Waals surface area (Å²) in [6.45, 7) is 3.22. The summed E-state index contributed by atoms with van der Waals surface area (Å²) in [6, 6.07) is 7.76. The lowest BCUT2D eigenvalue weighted by Gasteiger charge is -2.21. The Bertz CT molecular complexity index is 1200. The van der Waals surface area contributed by atoms with Crippen molar-refractivity contribution < 1.29 is 40.6 Å². The minimum Gasteiger partial charge on any atom is -0.406 e. The fraction of sp³-hybridized carbons (Fsp3) is 0.304. The van der Waals surface area contributed by atoms with E-state index in [-0.39, 0.29) is 35.5 Å². The summed E-state index contributed by atoms with van der Waals surface area (Å²) in [6.07, 6.45) is -9.83. The Hall–Kier alpha value is -3.61. The third-order valence-electron chi connectivity index (χ3n) is 4.98. The SMILES string of the molecule is CC(C)[C@@H](CO)Nc1nc(Nc2c(F)cccc2C(F)(F)F)cc(-c2cccc(OC(F)(F)F)c2)n1. The molecule has 0 bridgehead atoms. The molecule has 3 rings (SSSR count). The Morgan fingerprint density at radius 2 is 1.67 bits per heavy atom. The van der Waals surface area contributed by atoms with E-state index >= 15 is 0 Å². The van der Waals surface area contributed by atoms with E-state index in [1.807, 2.05) is 0 Å². The number of aliphatic hydroxyl groups excluding tert-OH is 1. The maximum Gasteiger partial charge on any atom is 0.573 e. The van der Waals surface area contributed by atoms with Crippen molar-refractivity contribution in [3.63, 3.8) is 0 Å². The fourth-order valence-electron chi connectivity index (χ4n) is 3.18. The predicted molar refractivity (Wildman–Crippen MR) is 118 cm³/mol. The molecule has 3 N–H and O–H groups in total. The van der Waals surface area contributed by atoms with E-state index in [2.05, 4.69) is 25.3 Å². The van der Waals surface area contributed by atoms with Crippen LogP contribution in [0.25, 0.3) is 11.3 Å². The van der Waals surface area contributed by atoms with Crippen LogP contribution in [0.2, 0.25) is 0 Å². The molecule has 0 unspecified atom stereocenters. The highest BCUT2D eigenvalue weighted by atomic mass is 19.4. The van der Waals surface area contributed by atoms with Gasteiger partial charge in [-0.15, -0.1) is 13.2 Å². The first-order valence-corrected chi connectivity index (χ1v) is 10.5. The van der Waals surface area contributed by atoms with Gasteiger partial charge in [-0.3, -0.25) is 0 Å². The summed E-state index contributed by atoms with van der Waals surface area (Å²) in [5.74, 6) is -2.30. The number of hydrogen-bond acceptors (Lipinski definition) is 6. The van der Waals surface area contributed by atoms with Crippen molar-refractivity contribution in [1.29, 1.82) is 0 Å². The van der Waals surface area contributed by atoms with Crippen molar-refractivity contribution in [3.05, 3.63) is 59.9 Å². The number of hydrogen-bond donors (Lipinski definition) is 3. The molecule has 0 radical (unpaired) electrons. The molecule has 2 aromatic carbocycles. The summed E-state index contributed by atoms with van der Waals surface area (Å²) in [5.41, 5.74) is -2.07. The van der Waals surface area contributed by atoms with E-state index in [0.29, 0.717) is 6.07 Å². The molecule has 1 aromatic heterocycles. The highest BCUT2D eigenvalue weighted by Crippen LogP contribution is 2.38. The number of halogens is 7. The van der Waals surface area contributed by atoms with Crippen LogP contribution in [0, 0.1) is 11.7 Å². The van der Waals surface area contributed by atoms with Crippen molar-refractivity contribution in [1.82, 2.24) is 9.97 Å². The molecule has 0 spiro atoms. The first kappa shape index (κ1) is 27.0. The second kappa shape index (κ2) is 10.6. The molecule has 0 saturated carbocycles. The lowest BCUT2D eigenvalue weighted by molar-refractivity contribution is -0.274. The fourth-order valence-corrected chi connectivity index (χ4v) is 3.18. The number of anilines is 3. The van der Waals surface area contributed by atoms with Gasteiger partial charge in [-0.25, -0.2) is 9.37 Å². The van der Waals surface area contributed by atoms with E-state index < -0.39 is 41.4 Å². The van der Waals surface area contributed by atoms with E-state index in [4.69, 9.17) is 0 Å². The molecule has 0 aliphatic rings. The van der Waals surface area contributed by atoms with Gasteiger partial charge in [-0.2, -0.15) is 18.2 Å². The zero-order valence-electron chi connectivity index (χ0n) is 18.9. The van der Waals surface area contributed by atoms with Crippen LogP contribution in [-0.2, 0) is 6.18 Å². The highest BCUT2D eigenvalue weighted by molar-refractivity contribution is 5.70. The van der Waals surface area contributed by atoms with Crippen molar-refractivity contribution in [2.24, 2.45) is 5.92 Å². The molecule has 13 heteroatoms. The first-order chi connectivity index (χ1) is 16.8. The molecule has 0 saturated heterocycles. The predicted octanol–water partition coefficient (Wildman–Crippen LogP) is 6.37. The van der Waals surface area contributed by atoms with Crippen LogP contribution >= 0.6 is 0 Å². The lowest BCUT2D eigenvalue weighted by atomic mass is 10.1. The molecule has 6 nitrogen and oxygen atoms in total. The largest absolute Gasteiger partial charge is 0.573 e. The van der Waals surface area contributed by atoms with Crippen LogP contribution < -0.4 is 15.4 Å². The second-order valence-corrected chi connectivity index (χ2v) is 8.00. The summed E-state index contributed by atoms with van der Waals surface area (Å²) in [5, 5.41) is 14.8. The van der Waals surface area contributed by atoms with Gasteiger partial charge in [0.2, 0.25) is 5.95 Å². The molecular formula is C23H21F7N4O2. The number of nitrogens with one attached hydrogen (secondary N) is 2. The average molecular weight is 518 g/mol. The Labute approximate surface area is 201 Å². The Kier molecular flexibility index (Phi) is 7.92. The molecule has 1 atom stereocenters. The van der Waals surface area contributed by atoms with E-state index in [0.717, 1.165) is 30.3 Å². The van der Waals surface area contributed by atoms with E-state index in [1.54, 1.807) is 13.8 Å². The normalized spacial score (nSPS) is 13.0. The number of benzene rings is 2. The number of para-hydroxylation sites is 1. The lowest BCUT2D eigenvalue weighted by Crippen LogP contribution is -2.30. The van der Waals surface area contributed by atoms with Gasteiger partial charge < -0.3 is 20.5 Å². The number of aromatic nitrogens is 2. The zero-order chi connectivity index (χ0) is 26.7. The van der Waals surface area contributed by atoms with Crippen molar-refractivity contribution in [2.75, 3.05) is 17.2 Å². The smallest absolute Gasteiger partial charge is 0.406 e. The number of rotatable bonds is 8. The molecule has 0 amide bonds. The quantitative estimate of drug-likeness (QED) is 0.301. The summed E-state index contributed by atoms with van der Waals surface area (Å²) < 4.78 is 96.7. The number of ether oxygens (including phenoxy) is 1. The van der Waals surface area contributed by atoms with Gasteiger partial charge in [-0.05, 0) is 30.2 Å². The summed E-state index contributed by atoms with van der Waals surface area (Å²) >= 11 is 0. The molecular weight excluding hydrogens is 497 g/mol. The first-order valence-electron chi connectivity index (χ1n) is 10.5. The van der Waals surface area contributed by atoms with Crippen LogP contribution in [0.15, 0.2) is 48.5 Å². The second-order valence-electron chi connectivity index (χ2n) is 8.00. The van der Waals surface area contributed by atoms with Crippen LogP contribution in [0.1, 0.15) is 19.4 Å². The zero-order valence-corrected chi connectivity index (χ0v) is 18.9. The van der Waals surface area contributed by atoms with Crippen molar-refractivity contribution in [3.8, 4) is 17.0 Å². The number of nitrogens with zero attached hydrogens (tertiary/aromatic N) is 2. The summed E-state index contributed by atoms with van der Waals surface area (Å²) in [4.78, 5) is 8.30. The Balaban J connectivity index is 2.10. The minimum atomic E-state index is -4.95. The maximum atomic E-state index is 14.4. The average Bonchev–Trinajstić information content (AvgIpc) is 2.77. The van der Waals surface area contributed by atoms with Crippen LogP contribution in [0.3, 0.4) is 0 Å². The van der Waals surface area contributed by atoms with Gasteiger partial charge in [-0.1, -0.05) is 32.0 Å². The maximum absolute atomic E-state index is 14.4. The Morgan fingerprint density at radius 3 is 2.28 bits per heavy atom.